The molecule has 0 fully saturated rings. The molecule has 0 bridgehead atoms. The fraction of sp³-hybridized carbons (Fsp3) is 0.316. The van der Waals surface area contributed by atoms with Gasteiger partial charge in [-0.3, -0.25) is 4.79 Å². The van der Waals surface area contributed by atoms with E-state index < -0.39 is 0 Å². The summed E-state index contributed by atoms with van der Waals surface area (Å²) in [5, 5.41) is 12.1. The van der Waals surface area contributed by atoms with Crippen molar-refractivity contribution >= 4 is 5.91 Å². The molecule has 1 unspecified atom stereocenters. The van der Waals surface area contributed by atoms with Crippen LogP contribution in [0, 0.1) is 5.82 Å². The van der Waals surface area contributed by atoms with Crippen LogP contribution in [0.4, 0.5) is 4.39 Å². The van der Waals surface area contributed by atoms with Crippen LogP contribution >= 0.6 is 0 Å². The SMILES string of the molecule is O=C(CCc1cccc(F)c1)NCC(CCO)c1ccccc1. The molecule has 3 nitrogen and oxygen atoms in total. The van der Waals surface area contributed by atoms with Gasteiger partial charge in [0.15, 0.2) is 0 Å². The first-order valence-electron chi connectivity index (χ1n) is 7.86. The number of rotatable bonds is 8. The quantitative estimate of drug-likeness (QED) is 0.786. The van der Waals surface area contributed by atoms with Crippen LogP contribution < -0.4 is 5.32 Å². The molecule has 2 aromatic rings. The zero-order chi connectivity index (χ0) is 16.5. The van der Waals surface area contributed by atoms with Gasteiger partial charge in [0, 0.05) is 25.5 Å². The molecule has 1 atom stereocenters. The lowest BCUT2D eigenvalue weighted by atomic mass is 9.96. The summed E-state index contributed by atoms with van der Waals surface area (Å²) < 4.78 is 13.1. The Labute approximate surface area is 136 Å². The van der Waals surface area contributed by atoms with E-state index in [9.17, 15) is 14.3 Å². The number of hydrogen-bond acceptors (Lipinski definition) is 2. The standard InChI is InChI=1S/C19H22FNO2/c20-18-8-4-5-15(13-18)9-10-19(23)21-14-17(11-12-22)16-6-2-1-3-7-16/h1-8,13,17,22H,9-12,14H2,(H,21,23). The van der Waals surface area contributed by atoms with Crippen molar-refractivity contribution in [2.75, 3.05) is 13.2 Å². The molecule has 122 valence electrons. The second-order valence-electron chi connectivity index (χ2n) is 5.55. The molecule has 0 aromatic heterocycles. The first-order chi connectivity index (χ1) is 11.2. The van der Waals surface area contributed by atoms with E-state index in [2.05, 4.69) is 5.32 Å². The highest BCUT2D eigenvalue weighted by Crippen LogP contribution is 2.18. The van der Waals surface area contributed by atoms with E-state index in [1.807, 2.05) is 36.4 Å². The summed E-state index contributed by atoms with van der Waals surface area (Å²) in [6.07, 6.45) is 1.44. The maximum absolute atomic E-state index is 13.1. The number of aliphatic hydroxyl groups excluding tert-OH is 1. The molecule has 0 heterocycles. The molecular formula is C19H22FNO2. The van der Waals surface area contributed by atoms with Crippen molar-refractivity contribution in [3.8, 4) is 0 Å². The van der Waals surface area contributed by atoms with Crippen molar-refractivity contribution < 1.29 is 14.3 Å². The Balaban J connectivity index is 1.82. The van der Waals surface area contributed by atoms with E-state index in [-0.39, 0.29) is 24.2 Å². The Hall–Kier alpha value is -2.20. The van der Waals surface area contributed by atoms with Gasteiger partial charge in [-0.25, -0.2) is 4.39 Å². The number of halogens is 1. The summed E-state index contributed by atoms with van der Waals surface area (Å²) in [4.78, 5) is 12.0. The van der Waals surface area contributed by atoms with Gasteiger partial charge in [0.1, 0.15) is 5.82 Å². The predicted octanol–water partition coefficient (Wildman–Crippen LogP) is 3.04. The van der Waals surface area contributed by atoms with Crippen LogP contribution in [0.2, 0.25) is 0 Å². The molecule has 2 rings (SSSR count). The van der Waals surface area contributed by atoms with Gasteiger partial charge in [0.05, 0.1) is 0 Å². The van der Waals surface area contributed by atoms with Gasteiger partial charge < -0.3 is 10.4 Å². The number of benzene rings is 2. The Kier molecular flexibility index (Phi) is 6.76. The van der Waals surface area contributed by atoms with Crippen molar-refractivity contribution in [1.29, 1.82) is 0 Å². The van der Waals surface area contributed by atoms with Crippen LogP contribution in [-0.4, -0.2) is 24.2 Å². The maximum Gasteiger partial charge on any atom is 0.220 e. The number of amides is 1. The summed E-state index contributed by atoms with van der Waals surface area (Å²) in [6.45, 7) is 0.575. The molecule has 1 amide bonds. The van der Waals surface area contributed by atoms with Crippen molar-refractivity contribution in [2.45, 2.75) is 25.2 Å². The van der Waals surface area contributed by atoms with Crippen molar-refractivity contribution in [1.82, 2.24) is 5.32 Å². The molecule has 0 radical (unpaired) electrons. The van der Waals surface area contributed by atoms with E-state index in [4.69, 9.17) is 0 Å². The number of carbonyl (C=O) groups is 1. The molecule has 0 aliphatic carbocycles. The van der Waals surface area contributed by atoms with Crippen LogP contribution in [0.1, 0.15) is 29.9 Å². The lowest BCUT2D eigenvalue weighted by Crippen LogP contribution is -2.29. The summed E-state index contributed by atoms with van der Waals surface area (Å²) in [6, 6.07) is 16.1. The van der Waals surface area contributed by atoms with E-state index in [0.29, 0.717) is 25.8 Å². The molecule has 4 heteroatoms. The number of hydrogen-bond donors (Lipinski definition) is 2. The van der Waals surface area contributed by atoms with Gasteiger partial charge in [-0.2, -0.15) is 0 Å². The summed E-state index contributed by atoms with van der Waals surface area (Å²) in [5.74, 6) is -0.248. The molecule has 0 spiro atoms. The van der Waals surface area contributed by atoms with Gasteiger partial charge in [-0.05, 0) is 36.1 Å². The van der Waals surface area contributed by atoms with Gasteiger partial charge in [-0.1, -0.05) is 42.5 Å². The summed E-state index contributed by atoms with van der Waals surface area (Å²) >= 11 is 0. The zero-order valence-electron chi connectivity index (χ0n) is 13.0. The van der Waals surface area contributed by atoms with E-state index in [0.717, 1.165) is 11.1 Å². The van der Waals surface area contributed by atoms with Crippen molar-refractivity contribution in [3.05, 3.63) is 71.5 Å². The number of aryl methyl sites for hydroxylation is 1. The molecule has 23 heavy (non-hydrogen) atoms. The van der Waals surface area contributed by atoms with Crippen molar-refractivity contribution in [2.24, 2.45) is 0 Å². The fourth-order valence-corrected chi connectivity index (χ4v) is 2.54. The minimum absolute atomic E-state index is 0.0619. The second kappa shape index (κ2) is 9.06. The van der Waals surface area contributed by atoms with Gasteiger partial charge in [-0.15, -0.1) is 0 Å². The number of aliphatic hydroxyl groups is 1. The van der Waals surface area contributed by atoms with Gasteiger partial charge in [0.2, 0.25) is 5.91 Å². The third-order valence-electron chi connectivity index (χ3n) is 3.82. The van der Waals surface area contributed by atoms with Crippen LogP contribution in [0.5, 0.6) is 0 Å². The molecule has 0 saturated heterocycles. The van der Waals surface area contributed by atoms with E-state index in [1.165, 1.54) is 12.1 Å². The molecule has 2 aromatic carbocycles. The summed E-state index contributed by atoms with van der Waals surface area (Å²) in [7, 11) is 0. The topological polar surface area (TPSA) is 49.3 Å². The highest BCUT2D eigenvalue weighted by atomic mass is 19.1. The Bertz CT molecular complexity index is 616. The number of carbonyl (C=O) groups excluding carboxylic acids is 1. The first-order valence-corrected chi connectivity index (χ1v) is 7.86. The minimum atomic E-state index is -0.282. The van der Waals surface area contributed by atoms with Crippen LogP contribution in [-0.2, 0) is 11.2 Å². The molecular weight excluding hydrogens is 293 g/mol. The smallest absolute Gasteiger partial charge is 0.220 e. The third-order valence-corrected chi connectivity index (χ3v) is 3.82. The Morgan fingerprint density at radius 3 is 2.61 bits per heavy atom. The highest BCUT2D eigenvalue weighted by Gasteiger charge is 2.12. The molecule has 0 saturated carbocycles. The monoisotopic (exact) mass is 315 g/mol. The van der Waals surface area contributed by atoms with Crippen LogP contribution in [0.15, 0.2) is 54.6 Å². The normalized spacial score (nSPS) is 11.9. The first kappa shape index (κ1) is 17.2. The average molecular weight is 315 g/mol. The fourth-order valence-electron chi connectivity index (χ4n) is 2.54. The molecule has 2 N–H and O–H groups in total. The van der Waals surface area contributed by atoms with E-state index in [1.54, 1.807) is 6.07 Å². The molecule has 0 aliphatic rings. The van der Waals surface area contributed by atoms with Gasteiger partial charge in [0.25, 0.3) is 0 Å². The Morgan fingerprint density at radius 2 is 1.91 bits per heavy atom. The lowest BCUT2D eigenvalue weighted by molar-refractivity contribution is -0.121. The largest absolute Gasteiger partial charge is 0.396 e. The predicted molar refractivity (Wildman–Crippen MR) is 88.6 cm³/mol. The maximum atomic E-state index is 13.1. The van der Waals surface area contributed by atoms with E-state index >= 15 is 0 Å². The Morgan fingerprint density at radius 1 is 1.13 bits per heavy atom. The zero-order valence-corrected chi connectivity index (χ0v) is 13.0. The number of nitrogens with one attached hydrogen (secondary N) is 1. The third kappa shape index (κ3) is 5.83. The second-order valence-corrected chi connectivity index (χ2v) is 5.55. The average Bonchev–Trinajstić information content (AvgIpc) is 2.57. The molecule has 0 aliphatic heterocycles. The minimum Gasteiger partial charge on any atom is -0.396 e. The van der Waals surface area contributed by atoms with Crippen molar-refractivity contribution in [3.63, 3.8) is 0 Å². The lowest BCUT2D eigenvalue weighted by Gasteiger charge is -2.17. The van der Waals surface area contributed by atoms with Crippen LogP contribution in [0.25, 0.3) is 0 Å². The van der Waals surface area contributed by atoms with Crippen LogP contribution in [0.3, 0.4) is 0 Å². The highest BCUT2D eigenvalue weighted by molar-refractivity contribution is 5.76. The van der Waals surface area contributed by atoms with Gasteiger partial charge >= 0.3 is 0 Å². The summed E-state index contributed by atoms with van der Waals surface area (Å²) in [5.41, 5.74) is 1.92.